The molecule has 1 rings (SSSR count). The highest BCUT2D eigenvalue weighted by Gasteiger charge is 2.21. The number of rotatable bonds is 3. The van der Waals surface area contributed by atoms with Gasteiger partial charge in [-0.05, 0) is 25.0 Å². The van der Waals surface area contributed by atoms with E-state index in [2.05, 4.69) is 26.8 Å². The van der Waals surface area contributed by atoms with Gasteiger partial charge in [-0.15, -0.1) is 0 Å². The van der Waals surface area contributed by atoms with Gasteiger partial charge in [-0.3, -0.25) is 0 Å². The topological polar surface area (TPSA) is 23.5 Å². The minimum absolute atomic E-state index is 0.274. The summed E-state index contributed by atoms with van der Waals surface area (Å²) >= 11 is 0. The van der Waals surface area contributed by atoms with Crippen molar-refractivity contribution in [3.05, 3.63) is 12.3 Å². The van der Waals surface area contributed by atoms with Gasteiger partial charge in [0, 0.05) is 12.5 Å². The molecule has 0 spiro atoms. The zero-order valence-electron chi connectivity index (χ0n) is 8.90. The Morgan fingerprint density at radius 2 is 2.23 bits per heavy atom. The highest BCUT2D eigenvalue weighted by atomic mass is 16.3. The second kappa shape index (κ2) is 4.66. The molecular formula is C11H21NO. The quantitative estimate of drug-likeness (QED) is 0.725. The maximum absolute atomic E-state index is 9.83. The maximum Gasteiger partial charge on any atom is 0.129 e. The molecule has 0 amide bonds. The molecule has 2 atom stereocenters. The standard InChI is InChI=1S/C11H21NO/c1-9(2)6-8-12-7-4-5-10(3)11(12)13/h4,7,9-11,13H,5-6,8H2,1-3H3. The largest absolute Gasteiger partial charge is 0.373 e. The predicted molar refractivity (Wildman–Crippen MR) is 55.1 cm³/mol. The molecule has 76 valence electrons. The monoisotopic (exact) mass is 183 g/mol. The van der Waals surface area contributed by atoms with Gasteiger partial charge in [0.2, 0.25) is 0 Å². The van der Waals surface area contributed by atoms with Crippen LogP contribution in [0.1, 0.15) is 33.6 Å². The van der Waals surface area contributed by atoms with Crippen LogP contribution in [0.2, 0.25) is 0 Å². The summed E-state index contributed by atoms with van der Waals surface area (Å²) in [4.78, 5) is 2.05. The van der Waals surface area contributed by atoms with E-state index in [9.17, 15) is 5.11 Å². The molecule has 1 aliphatic heterocycles. The molecule has 0 aliphatic carbocycles. The van der Waals surface area contributed by atoms with E-state index in [1.54, 1.807) is 0 Å². The Labute approximate surface area is 81.2 Å². The van der Waals surface area contributed by atoms with Gasteiger partial charge >= 0.3 is 0 Å². The first kappa shape index (κ1) is 10.6. The highest BCUT2D eigenvalue weighted by molar-refractivity contribution is 4.92. The molecule has 2 unspecified atom stereocenters. The number of nitrogens with zero attached hydrogens (tertiary/aromatic N) is 1. The van der Waals surface area contributed by atoms with Crippen molar-refractivity contribution in [3.8, 4) is 0 Å². The van der Waals surface area contributed by atoms with E-state index in [0.717, 1.165) is 19.4 Å². The van der Waals surface area contributed by atoms with Crippen molar-refractivity contribution in [1.29, 1.82) is 0 Å². The summed E-state index contributed by atoms with van der Waals surface area (Å²) in [5, 5.41) is 9.83. The van der Waals surface area contributed by atoms with E-state index >= 15 is 0 Å². The first-order chi connectivity index (χ1) is 6.11. The fourth-order valence-electron chi connectivity index (χ4n) is 1.56. The van der Waals surface area contributed by atoms with Gasteiger partial charge < -0.3 is 10.0 Å². The van der Waals surface area contributed by atoms with Crippen molar-refractivity contribution < 1.29 is 5.11 Å². The molecule has 0 fully saturated rings. The highest BCUT2D eigenvalue weighted by Crippen LogP contribution is 2.19. The molecule has 0 saturated heterocycles. The van der Waals surface area contributed by atoms with Crippen LogP contribution >= 0.6 is 0 Å². The molecule has 2 nitrogen and oxygen atoms in total. The molecule has 0 aromatic rings. The second-order valence-corrected chi connectivity index (χ2v) is 4.43. The molecule has 2 heteroatoms. The average Bonchev–Trinajstić information content (AvgIpc) is 2.07. The molecule has 1 aliphatic rings. The number of aliphatic hydroxyl groups excluding tert-OH is 1. The van der Waals surface area contributed by atoms with Crippen molar-refractivity contribution in [2.75, 3.05) is 6.54 Å². The zero-order valence-corrected chi connectivity index (χ0v) is 8.90. The van der Waals surface area contributed by atoms with Crippen LogP contribution in [0.25, 0.3) is 0 Å². The van der Waals surface area contributed by atoms with Gasteiger partial charge in [0.15, 0.2) is 0 Å². The van der Waals surface area contributed by atoms with Crippen LogP contribution in [0.4, 0.5) is 0 Å². The Morgan fingerprint density at radius 1 is 1.54 bits per heavy atom. The van der Waals surface area contributed by atoms with Crippen LogP contribution in [0.15, 0.2) is 12.3 Å². The Morgan fingerprint density at radius 3 is 2.85 bits per heavy atom. The molecule has 0 aromatic heterocycles. The van der Waals surface area contributed by atoms with E-state index in [4.69, 9.17) is 0 Å². The first-order valence-corrected chi connectivity index (χ1v) is 5.21. The zero-order chi connectivity index (χ0) is 9.84. The fourth-order valence-corrected chi connectivity index (χ4v) is 1.56. The average molecular weight is 183 g/mol. The summed E-state index contributed by atoms with van der Waals surface area (Å²) in [6.45, 7) is 7.49. The molecule has 0 radical (unpaired) electrons. The van der Waals surface area contributed by atoms with E-state index in [0.29, 0.717) is 11.8 Å². The van der Waals surface area contributed by atoms with Gasteiger partial charge in [0.25, 0.3) is 0 Å². The normalized spacial score (nSPS) is 28.5. The van der Waals surface area contributed by atoms with Crippen LogP contribution in [-0.2, 0) is 0 Å². The molecule has 13 heavy (non-hydrogen) atoms. The maximum atomic E-state index is 9.83. The Bertz CT molecular complexity index is 177. The van der Waals surface area contributed by atoms with Gasteiger partial charge in [-0.25, -0.2) is 0 Å². The van der Waals surface area contributed by atoms with Gasteiger partial charge in [0.05, 0.1) is 0 Å². The minimum Gasteiger partial charge on any atom is -0.373 e. The van der Waals surface area contributed by atoms with E-state index in [1.165, 1.54) is 0 Å². The van der Waals surface area contributed by atoms with Crippen LogP contribution in [0.3, 0.4) is 0 Å². The van der Waals surface area contributed by atoms with Crippen molar-refractivity contribution in [2.45, 2.75) is 39.8 Å². The van der Waals surface area contributed by atoms with Crippen molar-refractivity contribution in [1.82, 2.24) is 4.90 Å². The lowest BCUT2D eigenvalue weighted by Crippen LogP contribution is -2.39. The summed E-state index contributed by atoms with van der Waals surface area (Å²) in [5.41, 5.74) is 0. The third kappa shape index (κ3) is 3.03. The molecule has 0 bridgehead atoms. The molecular weight excluding hydrogens is 162 g/mol. The van der Waals surface area contributed by atoms with E-state index in [-0.39, 0.29) is 6.23 Å². The summed E-state index contributed by atoms with van der Waals surface area (Å²) < 4.78 is 0. The lowest BCUT2D eigenvalue weighted by Gasteiger charge is -2.34. The lowest BCUT2D eigenvalue weighted by molar-refractivity contribution is -0.0141. The minimum atomic E-state index is -0.274. The van der Waals surface area contributed by atoms with Crippen LogP contribution in [0.5, 0.6) is 0 Å². The Hall–Kier alpha value is -0.500. The second-order valence-electron chi connectivity index (χ2n) is 4.43. The summed E-state index contributed by atoms with van der Waals surface area (Å²) in [7, 11) is 0. The van der Waals surface area contributed by atoms with E-state index in [1.807, 2.05) is 11.1 Å². The lowest BCUT2D eigenvalue weighted by atomic mass is 10.0. The predicted octanol–water partition coefficient (Wildman–Crippen LogP) is 2.21. The smallest absolute Gasteiger partial charge is 0.129 e. The Balaban J connectivity index is 2.40. The van der Waals surface area contributed by atoms with Crippen molar-refractivity contribution in [2.24, 2.45) is 11.8 Å². The first-order valence-electron chi connectivity index (χ1n) is 5.21. The van der Waals surface area contributed by atoms with Gasteiger partial charge in [-0.2, -0.15) is 0 Å². The Kier molecular flexibility index (Phi) is 3.79. The molecule has 0 saturated carbocycles. The molecule has 0 aromatic carbocycles. The number of hydrogen-bond acceptors (Lipinski definition) is 2. The van der Waals surface area contributed by atoms with Crippen molar-refractivity contribution in [3.63, 3.8) is 0 Å². The fraction of sp³-hybridized carbons (Fsp3) is 0.818. The summed E-state index contributed by atoms with van der Waals surface area (Å²) in [6, 6.07) is 0. The number of hydrogen-bond donors (Lipinski definition) is 1. The number of allylic oxidation sites excluding steroid dienone is 1. The number of aliphatic hydroxyl groups is 1. The van der Waals surface area contributed by atoms with E-state index < -0.39 is 0 Å². The van der Waals surface area contributed by atoms with Crippen LogP contribution < -0.4 is 0 Å². The van der Waals surface area contributed by atoms with Crippen molar-refractivity contribution >= 4 is 0 Å². The third-order valence-electron chi connectivity index (χ3n) is 2.62. The van der Waals surface area contributed by atoms with Crippen LogP contribution in [0, 0.1) is 11.8 Å². The summed E-state index contributed by atoms with van der Waals surface area (Å²) in [6.07, 6.45) is 6.06. The van der Waals surface area contributed by atoms with Gasteiger partial charge in [-0.1, -0.05) is 26.8 Å². The summed E-state index contributed by atoms with van der Waals surface area (Å²) in [5.74, 6) is 1.08. The molecule has 1 N–H and O–H groups in total. The third-order valence-corrected chi connectivity index (χ3v) is 2.62. The molecule has 1 heterocycles. The van der Waals surface area contributed by atoms with Gasteiger partial charge in [0.1, 0.15) is 6.23 Å². The SMILES string of the molecule is CC(C)CCN1C=CCC(C)C1O. The van der Waals surface area contributed by atoms with Crippen LogP contribution in [-0.4, -0.2) is 22.8 Å².